The van der Waals surface area contributed by atoms with Gasteiger partial charge >= 0.3 is 0 Å². The van der Waals surface area contributed by atoms with E-state index in [4.69, 9.17) is 15.2 Å². The van der Waals surface area contributed by atoms with E-state index in [9.17, 15) is 0 Å². The molecule has 0 fully saturated rings. The van der Waals surface area contributed by atoms with Gasteiger partial charge in [-0.1, -0.05) is 18.2 Å². The van der Waals surface area contributed by atoms with Gasteiger partial charge in [-0.05, 0) is 12.1 Å². The molecule has 1 heterocycles. The summed E-state index contributed by atoms with van der Waals surface area (Å²) in [6.07, 6.45) is 2.37. The van der Waals surface area contributed by atoms with Crippen molar-refractivity contribution < 1.29 is 9.47 Å². The van der Waals surface area contributed by atoms with Crippen LogP contribution in [0.5, 0.6) is 11.5 Å². The van der Waals surface area contributed by atoms with E-state index in [0.29, 0.717) is 13.0 Å². The Morgan fingerprint density at radius 1 is 1.32 bits per heavy atom. The van der Waals surface area contributed by atoms with Crippen LogP contribution in [0.25, 0.3) is 0 Å². The van der Waals surface area contributed by atoms with Crippen LogP contribution in [0.1, 0.15) is 18.2 Å². The largest absolute Gasteiger partial charge is 0.494 e. The molecule has 2 aromatic rings. The smallest absolute Gasteiger partial charge is 0.161 e. The van der Waals surface area contributed by atoms with Crippen molar-refractivity contribution in [2.75, 3.05) is 13.7 Å². The van der Waals surface area contributed by atoms with Gasteiger partial charge in [-0.25, -0.2) is 0 Å². The van der Waals surface area contributed by atoms with Crippen molar-refractivity contribution in [3.05, 3.63) is 42.2 Å². The van der Waals surface area contributed by atoms with E-state index < -0.39 is 0 Å². The molecule has 1 atom stereocenters. The predicted molar refractivity (Wildman–Crippen MR) is 73.2 cm³/mol. The van der Waals surface area contributed by atoms with Gasteiger partial charge in [-0.3, -0.25) is 4.68 Å². The summed E-state index contributed by atoms with van der Waals surface area (Å²) in [5.41, 5.74) is 7.05. The predicted octanol–water partition coefficient (Wildman–Crippen LogP) is 1.90. The lowest BCUT2D eigenvalue weighted by Crippen LogP contribution is -2.18. The molecule has 0 aliphatic heterocycles. The summed E-state index contributed by atoms with van der Waals surface area (Å²) in [5.74, 6) is 1.57. The van der Waals surface area contributed by atoms with Gasteiger partial charge in [0.25, 0.3) is 0 Å². The SMILES string of the molecule is COc1cnn(C)c1C(N)CCOc1ccccc1. The van der Waals surface area contributed by atoms with Gasteiger partial charge < -0.3 is 15.2 Å². The molecule has 0 aliphatic rings. The number of nitrogens with zero attached hydrogens (tertiary/aromatic N) is 2. The zero-order chi connectivity index (χ0) is 13.7. The Morgan fingerprint density at radius 3 is 2.74 bits per heavy atom. The molecule has 0 radical (unpaired) electrons. The maximum atomic E-state index is 6.16. The molecule has 5 nitrogen and oxygen atoms in total. The van der Waals surface area contributed by atoms with Crippen LogP contribution in [0.15, 0.2) is 36.5 Å². The number of hydrogen-bond acceptors (Lipinski definition) is 4. The molecular formula is C14H19N3O2. The van der Waals surface area contributed by atoms with Crippen LogP contribution < -0.4 is 15.2 Å². The minimum atomic E-state index is -0.161. The standard InChI is InChI=1S/C14H19N3O2/c1-17-14(13(18-2)10-16-17)12(15)8-9-19-11-6-4-3-5-7-11/h3-7,10,12H,8-9,15H2,1-2H3. The normalized spacial score (nSPS) is 12.2. The van der Waals surface area contributed by atoms with Crippen molar-refractivity contribution in [3.63, 3.8) is 0 Å². The molecule has 0 amide bonds. The quantitative estimate of drug-likeness (QED) is 0.862. The zero-order valence-corrected chi connectivity index (χ0v) is 11.2. The number of ether oxygens (including phenoxy) is 2. The van der Waals surface area contributed by atoms with E-state index in [1.54, 1.807) is 18.0 Å². The maximum absolute atomic E-state index is 6.16. The Labute approximate surface area is 112 Å². The number of benzene rings is 1. The molecule has 0 bridgehead atoms. The van der Waals surface area contributed by atoms with Crippen molar-refractivity contribution >= 4 is 0 Å². The fraction of sp³-hybridized carbons (Fsp3) is 0.357. The Kier molecular flexibility index (Phi) is 4.41. The molecule has 0 saturated carbocycles. The molecular weight excluding hydrogens is 242 g/mol. The number of aromatic nitrogens is 2. The van der Waals surface area contributed by atoms with E-state index in [2.05, 4.69) is 5.10 Å². The second kappa shape index (κ2) is 6.24. The van der Waals surface area contributed by atoms with Crippen LogP contribution in [-0.2, 0) is 7.05 Å². The van der Waals surface area contributed by atoms with Gasteiger partial charge in [0.05, 0.1) is 31.6 Å². The minimum Gasteiger partial charge on any atom is -0.494 e. The van der Waals surface area contributed by atoms with Crippen molar-refractivity contribution in [2.45, 2.75) is 12.5 Å². The molecule has 1 aromatic heterocycles. The Bertz CT molecular complexity index is 511. The fourth-order valence-corrected chi connectivity index (χ4v) is 1.96. The second-order valence-electron chi connectivity index (χ2n) is 4.28. The minimum absolute atomic E-state index is 0.161. The van der Waals surface area contributed by atoms with Crippen LogP contribution in [0, 0.1) is 0 Å². The van der Waals surface area contributed by atoms with Crippen LogP contribution >= 0.6 is 0 Å². The summed E-state index contributed by atoms with van der Waals surface area (Å²) >= 11 is 0. The fourth-order valence-electron chi connectivity index (χ4n) is 1.96. The highest BCUT2D eigenvalue weighted by Gasteiger charge is 2.16. The summed E-state index contributed by atoms with van der Waals surface area (Å²) in [6, 6.07) is 9.54. The van der Waals surface area contributed by atoms with Gasteiger partial charge in [0, 0.05) is 13.5 Å². The zero-order valence-electron chi connectivity index (χ0n) is 11.2. The molecule has 102 valence electrons. The van der Waals surface area contributed by atoms with Crippen molar-refractivity contribution in [2.24, 2.45) is 12.8 Å². The van der Waals surface area contributed by atoms with Crippen molar-refractivity contribution in [3.8, 4) is 11.5 Å². The first-order valence-electron chi connectivity index (χ1n) is 6.21. The second-order valence-corrected chi connectivity index (χ2v) is 4.28. The van der Waals surface area contributed by atoms with Crippen LogP contribution in [0.4, 0.5) is 0 Å². The molecule has 2 rings (SSSR count). The molecule has 1 unspecified atom stereocenters. The Balaban J connectivity index is 1.91. The highest BCUT2D eigenvalue weighted by Crippen LogP contribution is 2.24. The number of hydrogen-bond donors (Lipinski definition) is 1. The van der Waals surface area contributed by atoms with Gasteiger partial charge in [0.15, 0.2) is 5.75 Å². The molecule has 0 aliphatic carbocycles. The first-order valence-corrected chi connectivity index (χ1v) is 6.21. The lowest BCUT2D eigenvalue weighted by molar-refractivity contribution is 0.294. The molecule has 5 heteroatoms. The molecule has 1 aromatic carbocycles. The van der Waals surface area contributed by atoms with Gasteiger partial charge in [0.2, 0.25) is 0 Å². The van der Waals surface area contributed by atoms with Crippen LogP contribution in [-0.4, -0.2) is 23.5 Å². The highest BCUT2D eigenvalue weighted by atomic mass is 16.5. The summed E-state index contributed by atoms with van der Waals surface area (Å²) in [7, 11) is 3.48. The number of aryl methyl sites for hydroxylation is 1. The van der Waals surface area contributed by atoms with E-state index in [-0.39, 0.29) is 6.04 Å². The third kappa shape index (κ3) is 3.26. The van der Waals surface area contributed by atoms with Gasteiger partial charge in [-0.2, -0.15) is 5.10 Å². The van der Waals surface area contributed by atoms with Crippen LogP contribution in [0.3, 0.4) is 0 Å². The lowest BCUT2D eigenvalue weighted by atomic mass is 10.1. The first kappa shape index (κ1) is 13.4. The van der Waals surface area contributed by atoms with Crippen molar-refractivity contribution in [1.82, 2.24) is 9.78 Å². The van der Waals surface area contributed by atoms with Crippen LogP contribution in [0.2, 0.25) is 0 Å². The number of methoxy groups -OCH3 is 1. The summed E-state index contributed by atoms with van der Waals surface area (Å²) in [6.45, 7) is 0.555. The van der Waals surface area contributed by atoms with Gasteiger partial charge in [0.1, 0.15) is 5.75 Å². The molecule has 0 saturated heterocycles. The summed E-state index contributed by atoms with van der Waals surface area (Å²) < 4.78 is 12.6. The van der Waals surface area contributed by atoms with E-state index in [0.717, 1.165) is 17.2 Å². The summed E-state index contributed by atoms with van der Waals surface area (Å²) in [5, 5.41) is 4.15. The number of para-hydroxylation sites is 1. The van der Waals surface area contributed by atoms with E-state index >= 15 is 0 Å². The Hall–Kier alpha value is -2.01. The first-order chi connectivity index (χ1) is 9.22. The molecule has 0 spiro atoms. The molecule has 19 heavy (non-hydrogen) atoms. The lowest BCUT2D eigenvalue weighted by Gasteiger charge is -2.14. The monoisotopic (exact) mass is 261 g/mol. The number of nitrogens with two attached hydrogens (primary N) is 1. The average molecular weight is 261 g/mol. The number of rotatable bonds is 6. The molecule has 2 N–H and O–H groups in total. The third-order valence-corrected chi connectivity index (χ3v) is 2.96. The Morgan fingerprint density at radius 2 is 2.05 bits per heavy atom. The summed E-state index contributed by atoms with van der Waals surface area (Å²) in [4.78, 5) is 0. The van der Waals surface area contributed by atoms with Crippen molar-refractivity contribution in [1.29, 1.82) is 0 Å². The van der Waals surface area contributed by atoms with E-state index in [1.807, 2.05) is 37.4 Å². The van der Waals surface area contributed by atoms with E-state index in [1.165, 1.54) is 0 Å². The maximum Gasteiger partial charge on any atom is 0.161 e. The third-order valence-electron chi connectivity index (χ3n) is 2.96. The average Bonchev–Trinajstić information content (AvgIpc) is 2.81. The topological polar surface area (TPSA) is 62.3 Å². The highest BCUT2D eigenvalue weighted by molar-refractivity contribution is 5.28. The van der Waals surface area contributed by atoms with Gasteiger partial charge in [-0.15, -0.1) is 0 Å².